The zero-order valence-electron chi connectivity index (χ0n) is 11.4. The molecule has 2 N–H and O–H groups in total. The normalized spacial score (nSPS) is 11.8. The maximum atomic E-state index is 5.89. The molecule has 21 heavy (non-hydrogen) atoms. The summed E-state index contributed by atoms with van der Waals surface area (Å²) in [6.07, 6.45) is 1.79. The van der Waals surface area contributed by atoms with Gasteiger partial charge in [0.1, 0.15) is 0 Å². The van der Waals surface area contributed by atoms with Gasteiger partial charge in [-0.25, -0.2) is 15.0 Å². The first-order chi connectivity index (χ1) is 10.1. The van der Waals surface area contributed by atoms with Crippen molar-refractivity contribution >= 4 is 34.0 Å². The molecule has 0 aliphatic rings. The molecule has 4 nitrogen and oxygen atoms in total. The summed E-state index contributed by atoms with van der Waals surface area (Å²) >= 11 is 5.89. The number of aromatic nitrogens is 2. The fraction of sp³-hybridized carbons (Fsp3) is 0.0625. The van der Waals surface area contributed by atoms with Gasteiger partial charge in [0, 0.05) is 22.2 Å². The van der Waals surface area contributed by atoms with Crippen LogP contribution < -0.4 is 5.73 Å². The molecule has 104 valence electrons. The highest BCUT2D eigenvalue weighted by Gasteiger charge is 2.04. The lowest BCUT2D eigenvalue weighted by atomic mass is 10.2. The van der Waals surface area contributed by atoms with Crippen LogP contribution in [0, 0.1) is 0 Å². The molecule has 0 aliphatic carbocycles. The predicted molar refractivity (Wildman–Crippen MR) is 86.9 cm³/mol. The molecule has 0 saturated heterocycles. The van der Waals surface area contributed by atoms with Crippen molar-refractivity contribution in [3.05, 3.63) is 53.7 Å². The van der Waals surface area contributed by atoms with E-state index in [2.05, 4.69) is 15.0 Å². The Morgan fingerprint density at radius 3 is 2.62 bits per heavy atom. The molecule has 0 fully saturated rings. The summed E-state index contributed by atoms with van der Waals surface area (Å²) < 4.78 is 0. The second kappa shape index (κ2) is 5.50. The van der Waals surface area contributed by atoms with Crippen LogP contribution in [0.1, 0.15) is 6.92 Å². The largest absolute Gasteiger partial charge is 0.387 e. The smallest absolute Gasteiger partial charge is 0.159 e. The van der Waals surface area contributed by atoms with Gasteiger partial charge in [-0.15, -0.1) is 0 Å². The van der Waals surface area contributed by atoms with Gasteiger partial charge in [-0.3, -0.25) is 0 Å². The van der Waals surface area contributed by atoms with Crippen LogP contribution in [0.15, 0.2) is 53.7 Å². The number of fused-ring (bicyclic) bond motifs is 1. The van der Waals surface area contributed by atoms with E-state index >= 15 is 0 Å². The molecule has 0 aliphatic heterocycles. The van der Waals surface area contributed by atoms with E-state index in [0.29, 0.717) is 16.7 Å². The van der Waals surface area contributed by atoms with Gasteiger partial charge in [-0.05, 0) is 49.4 Å². The lowest BCUT2D eigenvalue weighted by Crippen LogP contribution is -2.03. The SMILES string of the molecule is CC(N)=Nc1ccc2nc(-c3ccc(Cl)cc3)ncc2c1. The number of hydrogen-bond acceptors (Lipinski definition) is 3. The van der Waals surface area contributed by atoms with Crippen LogP contribution in [0.3, 0.4) is 0 Å². The number of nitrogens with two attached hydrogens (primary N) is 1. The van der Waals surface area contributed by atoms with E-state index in [9.17, 15) is 0 Å². The van der Waals surface area contributed by atoms with Gasteiger partial charge in [0.05, 0.1) is 17.0 Å². The van der Waals surface area contributed by atoms with Gasteiger partial charge >= 0.3 is 0 Å². The average Bonchev–Trinajstić information content (AvgIpc) is 2.47. The third-order valence-electron chi connectivity index (χ3n) is 2.97. The lowest BCUT2D eigenvalue weighted by molar-refractivity contribution is 1.23. The summed E-state index contributed by atoms with van der Waals surface area (Å²) in [5.74, 6) is 1.19. The molecule has 3 aromatic rings. The molecule has 3 rings (SSSR count). The standard InChI is InChI=1S/C16H13ClN4/c1-10(18)20-14-6-7-15-12(8-14)9-19-16(21-15)11-2-4-13(17)5-3-11/h2-9H,1H3,(H2,18,20). The number of halogens is 1. The summed E-state index contributed by atoms with van der Waals surface area (Å²) in [6.45, 7) is 1.75. The van der Waals surface area contributed by atoms with Crippen molar-refractivity contribution in [1.82, 2.24) is 9.97 Å². The van der Waals surface area contributed by atoms with Crippen molar-refractivity contribution in [2.45, 2.75) is 6.92 Å². The van der Waals surface area contributed by atoms with E-state index in [1.54, 1.807) is 13.1 Å². The van der Waals surface area contributed by atoms with Gasteiger partial charge in [0.2, 0.25) is 0 Å². The molecule has 2 aromatic carbocycles. The molecular weight excluding hydrogens is 284 g/mol. The van der Waals surface area contributed by atoms with Crippen molar-refractivity contribution < 1.29 is 0 Å². The molecule has 0 atom stereocenters. The molecule has 0 saturated carbocycles. The zero-order valence-corrected chi connectivity index (χ0v) is 12.2. The number of amidine groups is 1. The minimum absolute atomic E-state index is 0.521. The highest BCUT2D eigenvalue weighted by atomic mass is 35.5. The Kier molecular flexibility index (Phi) is 3.54. The summed E-state index contributed by atoms with van der Waals surface area (Å²) in [5.41, 5.74) is 8.18. The Bertz CT molecular complexity index is 821. The van der Waals surface area contributed by atoms with E-state index in [1.165, 1.54) is 0 Å². The number of benzene rings is 2. The fourth-order valence-corrected chi connectivity index (χ4v) is 2.16. The monoisotopic (exact) mass is 296 g/mol. The van der Waals surface area contributed by atoms with Crippen LogP contribution in [0.25, 0.3) is 22.3 Å². The Hall–Kier alpha value is -2.46. The number of rotatable bonds is 2. The number of aliphatic imine (C=N–C) groups is 1. The Labute approximate surface area is 127 Å². The van der Waals surface area contributed by atoms with Crippen LogP contribution >= 0.6 is 11.6 Å². The van der Waals surface area contributed by atoms with Crippen molar-refractivity contribution in [1.29, 1.82) is 0 Å². The predicted octanol–water partition coefficient (Wildman–Crippen LogP) is 3.96. The van der Waals surface area contributed by atoms with E-state index in [1.807, 2.05) is 42.5 Å². The summed E-state index contributed by atoms with van der Waals surface area (Å²) in [4.78, 5) is 13.2. The van der Waals surface area contributed by atoms with Gasteiger partial charge in [-0.1, -0.05) is 11.6 Å². The van der Waals surface area contributed by atoms with Crippen LogP contribution in [0.2, 0.25) is 5.02 Å². The summed E-state index contributed by atoms with van der Waals surface area (Å²) in [5, 5.41) is 1.62. The molecule has 1 aromatic heterocycles. The Balaban J connectivity index is 2.05. The molecular formula is C16H13ClN4. The quantitative estimate of drug-likeness (QED) is 0.575. The van der Waals surface area contributed by atoms with Crippen molar-refractivity contribution in [2.24, 2.45) is 10.7 Å². The first kappa shape index (κ1) is 13.5. The van der Waals surface area contributed by atoms with Crippen LogP contribution in [-0.2, 0) is 0 Å². The van der Waals surface area contributed by atoms with Gasteiger partial charge in [-0.2, -0.15) is 0 Å². The van der Waals surface area contributed by atoms with Gasteiger partial charge < -0.3 is 5.73 Å². The third kappa shape index (κ3) is 3.01. The minimum atomic E-state index is 0.521. The molecule has 0 unspecified atom stereocenters. The van der Waals surface area contributed by atoms with Crippen molar-refractivity contribution in [3.8, 4) is 11.4 Å². The maximum absolute atomic E-state index is 5.89. The molecule has 5 heteroatoms. The van der Waals surface area contributed by atoms with Crippen molar-refractivity contribution in [3.63, 3.8) is 0 Å². The third-order valence-corrected chi connectivity index (χ3v) is 3.22. The van der Waals surface area contributed by atoms with E-state index < -0.39 is 0 Å². The second-order valence-electron chi connectivity index (χ2n) is 4.70. The first-order valence-electron chi connectivity index (χ1n) is 6.45. The Morgan fingerprint density at radius 2 is 1.90 bits per heavy atom. The molecule has 1 heterocycles. The number of nitrogens with zero attached hydrogens (tertiary/aromatic N) is 3. The average molecular weight is 297 g/mol. The molecule has 0 spiro atoms. The number of hydrogen-bond donors (Lipinski definition) is 1. The minimum Gasteiger partial charge on any atom is -0.387 e. The lowest BCUT2D eigenvalue weighted by Gasteiger charge is -2.03. The zero-order chi connectivity index (χ0) is 14.8. The van der Waals surface area contributed by atoms with E-state index in [-0.39, 0.29) is 0 Å². The highest BCUT2D eigenvalue weighted by Crippen LogP contribution is 2.23. The molecule has 0 bridgehead atoms. The van der Waals surface area contributed by atoms with Gasteiger partial charge in [0.25, 0.3) is 0 Å². The highest BCUT2D eigenvalue weighted by molar-refractivity contribution is 6.30. The van der Waals surface area contributed by atoms with Crippen LogP contribution in [-0.4, -0.2) is 15.8 Å². The fourth-order valence-electron chi connectivity index (χ4n) is 2.03. The maximum Gasteiger partial charge on any atom is 0.159 e. The molecule has 0 radical (unpaired) electrons. The van der Waals surface area contributed by atoms with Crippen LogP contribution in [0.4, 0.5) is 5.69 Å². The van der Waals surface area contributed by atoms with Crippen molar-refractivity contribution in [2.75, 3.05) is 0 Å². The summed E-state index contributed by atoms with van der Waals surface area (Å²) in [7, 11) is 0. The van der Waals surface area contributed by atoms with E-state index in [4.69, 9.17) is 17.3 Å². The first-order valence-corrected chi connectivity index (χ1v) is 6.83. The Morgan fingerprint density at radius 1 is 1.14 bits per heavy atom. The molecule has 0 amide bonds. The topological polar surface area (TPSA) is 64.2 Å². The van der Waals surface area contributed by atoms with E-state index in [0.717, 1.165) is 22.2 Å². The summed E-state index contributed by atoms with van der Waals surface area (Å²) in [6, 6.07) is 13.2. The van der Waals surface area contributed by atoms with Gasteiger partial charge in [0.15, 0.2) is 5.82 Å². The van der Waals surface area contributed by atoms with Crippen LogP contribution in [0.5, 0.6) is 0 Å². The second-order valence-corrected chi connectivity index (χ2v) is 5.13.